The Morgan fingerprint density at radius 3 is 2.56 bits per heavy atom. The Balaban J connectivity index is 1.52. The van der Waals surface area contributed by atoms with Gasteiger partial charge in [0, 0.05) is 13.1 Å². The Kier molecular flexibility index (Phi) is 7.89. The van der Waals surface area contributed by atoms with Crippen molar-refractivity contribution >= 4 is 51.9 Å². The number of alkyl halides is 3. The highest BCUT2D eigenvalue weighted by Crippen LogP contribution is 2.39. The standard InChI is InChI=1S/C25H23F3N2O4S2/c1-2-33-20-12-16(8-9-19(20)34-15-22(31)29-10-3-4-11-29)13-21-23(32)30(24(35)36-21)18-7-5-6-17(14-18)25(26,27)28/h5-9,12-14H,2-4,10-11,15H2,1H3/b21-13-. The van der Waals surface area contributed by atoms with Gasteiger partial charge in [0.1, 0.15) is 0 Å². The number of carbonyl (C=O) groups is 2. The number of anilines is 1. The monoisotopic (exact) mass is 536 g/mol. The minimum Gasteiger partial charge on any atom is -0.490 e. The number of halogens is 3. The molecule has 0 aromatic heterocycles. The zero-order valence-corrected chi connectivity index (χ0v) is 21.0. The average Bonchev–Trinajstić information content (AvgIpc) is 3.47. The molecule has 2 aromatic rings. The number of thiocarbonyl (C=S) groups is 1. The van der Waals surface area contributed by atoms with E-state index in [4.69, 9.17) is 21.7 Å². The molecule has 6 nitrogen and oxygen atoms in total. The summed E-state index contributed by atoms with van der Waals surface area (Å²) in [7, 11) is 0. The summed E-state index contributed by atoms with van der Waals surface area (Å²) in [5, 5.41) is 0. The fraction of sp³-hybridized carbons (Fsp3) is 0.320. The second-order valence-electron chi connectivity index (χ2n) is 8.08. The number of rotatable bonds is 7. The highest BCUT2D eigenvalue weighted by Gasteiger charge is 2.36. The van der Waals surface area contributed by atoms with Crippen LogP contribution in [0, 0.1) is 0 Å². The molecule has 0 aliphatic carbocycles. The third kappa shape index (κ3) is 5.84. The van der Waals surface area contributed by atoms with Crippen LogP contribution in [0.1, 0.15) is 30.9 Å². The van der Waals surface area contributed by atoms with Gasteiger partial charge in [-0.25, -0.2) is 0 Å². The molecule has 2 saturated heterocycles. The fourth-order valence-electron chi connectivity index (χ4n) is 3.86. The summed E-state index contributed by atoms with van der Waals surface area (Å²) >= 11 is 6.29. The summed E-state index contributed by atoms with van der Waals surface area (Å²) < 4.78 is 50.9. The van der Waals surface area contributed by atoms with Crippen LogP contribution < -0.4 is 14.4 Å². The molecule has 2 aliphatic heterocycles. The van der Waals surface area contributed by atoms with Crippen LogP contribution in [0.4, 0.5) is 18.9 Å². The average molecular weight is 537 g/mol. The van der Waals surface area contributed by atoms with E-state index in [1.54, 1.807) is 29.2 Å². The van der Waals surface area contributed by atoms with E-state index in [1.165, 1.54) is 12.1 Å². The summed E-state index contributed by atoms with van der Waals surface area (Å²) in [5.41, 5.74) is -0.198. The van der Waals surface area contributed by atoms with Crippen LogP contribution in [0.15, 0.2) is 47.4 Å². The summed E-state index contributed by atoms with van der Waals surface area (Å²) in [6.45, 7) is 3.54. The Labute approximate surface area is 216 Å². The SMILES string of the molecule is CCOc1cc(/C=C2\SC(=S)N(c3cccc(C(F)(F)F)c3)C2=O)ccc1OCC(=O)N1CCCC1. The lowest BCUT2D eigenvalue weighted by Gasteiger charge is -2.17. The first-order valence-electron chi connectivity index (χ1n) is 11.3. The molecule has 0 atom stereocenters. The van der Waals surface area contributed by atoms with Crippen molar-refractivity contribution in [1.29, 1.82) is 0 Å². The van der Waals surface area contributed by atoms with Crippen molar-refractivity contribution in [2.24, 2.45) is 0 Å². The number of nitrogens with zero attached hydrogens (tertiary/aromatic N) is 2. The van der Waals surface area contributed by atoms with Gasteiger partial charge in [-0.1, -0.05) is 36.1 Å². The minimum atomic E-state index is -4.54. The van der Waals surface area contributed by atoms with E-state index in [-0.39, 0.29) is 27.4 Å². The molecule has 36 heavy (non-hydrogen) atoms. The van der Waals surface area contributed by atoms with Gasteiger partial charge in [0.05, 0.1) is 22.8 Å². The predicted octanol–water partition coefficient (Wildman–Crippen LogP) is 5.51. The van der Waals surface area contributed by atoms with Crippen molar-refractivity contribution < 1.29 is 32.2 Å². The van der Waals surface area contributed by atoms with Gasteiger partial charge in [-0.05, 0) is 61.7 Å². The van der Waals surface area contributed by atoms with E-state index >= 15 is 0 Å². The quantitative estimate of drug-likeness (QED) is 0.344. The van der Waals surface area contributed by atoms with Crippen molar-refractivity contribution in [2.45, 2.75) is 25.9 Å². The van der Waals surface area contributed by atoms with Crippen molar-refractivity contribution in [3.8, 4) is 11.5 Å². The fourth-order valence-corrected chi connectivity index (χ4v) is 5.16. The largest absolute Gasteiger partial charge is 0.490 e. The molecule has 2 heterocycles. The molecule has 0 N–H and O–H groups in total. The van der Waals surface area contributed by atoms with Gasteiger partial charge in [0.2, 0.25) is 0 Å². The number of thioether (sulfide) groups is 1. The van der Waals surface area contributed by atoms with Gasteiger partial charge in [-0.3, -0.25) is 14.5 Å². The number of ether oxygens (including phenoxy) is 2. The van der Waals surface area contributed by atoms with Crippen molar-refractivity contribution in [3.63, 3.8) is 0 Å². The normalized spacial score (nSPS) is 17.3. The van der Waals surface area contributed by atoms with Crippen LogP contribution in [0.5, 0.6) is 11.5 Å². The molecule has 4 rings (SSSR count). The molecular formula is C25H23F3N2O4S2. The molecule has 2 aromatic carbocycles. The number of carbonyl (C=O) groups excluding carboxylic acids is 2. The number of amides is 2. The lowest BCUT2D eigenvalue weighted by atomic mass is 10.1. The van der Waals surface area contributed by atoms with E-state index in [0.717, 1.165) is 54.7 Å². The van der Waals surface area contributed by atoms with E-state index in [0.29, 0.717) is 23.7 Å². The number of hydrogen-bond acceptors (Lipinski definition) is 6. The summed E-state index contributed by atoms with van der Waals surface area (Å²) in [6, 6.07) is 9.52. The van der Waals surface area contributed by atoms with Gasteiger partial charge in [0.25, 0.3) is 11.8 Å². The van der Waals surface area contributed by atoms with Crippen LogP contribution in [-0.4, -0.2) is 47.3 Å². The Morgan fingerprint density at radius 1 is 1.11 bits per heavy atom. The molecule has 0 unspecified atom stereocenters. The van der Waals surface area contributed by atoms with Crippen molar-refractivity contribution in [3.05, 3.63) is 58.5 Å². The zero-order chi connectivity index (χ0) is 25.9. The van der Waals surface area contributed by atoms with Crippen LogP contribution in [0.25, 0.3) is 6.08 Å². The first kappa shape index (κ1) is 26.0. The summed E-state index contributed by atoms with van der Waals surface area (Å²) in [4.78, 5) is 28.5. The van der Waals surface area contributed by atoms with E-state index in [9.17, 15) is 22.8 Å². The smallest absolute Gasteiger partial charge is 0.416 e. The molecule has 2 fully saturated rings. The molecule has 0 spiro atoms. The van der Waals surface area contributed by atoms with Crippen molar-refractivity contribution in [1.82, 2.24) is 4.90 Å². The first-order valence-corrected chi connectivity index (χ1v) is 12.5. The topological polar surface area (TPSA) is 59.1 Å². The summed E-state index contributed by atoms with van der Waals surface area (Å²) in [6.07, 6.45) is -0.964. The second-order valence-corrected chi connectivity index (χ2v) is 9.76. The third-order valence-corrected chi connectivity index (χ3v) is 6.90. The number of likely N-dealkylation sites (tertiary alicyclic amines) is 1. The molecule has 190 valence electrons. The Hall–Kier alpha value is -3.05. The molecule has 11 heteroatoms. The minimum absolute atomic E-state index is 0.0529. The summed E-state index contributed by atoms with van der Waals surface area (Å²) in [5.74, 6) is 0.211. The lowest BCUT2D eigenvalue weighted by molar-refractivity contribution is -0.137. The van der Waals surface area contributed by atoms with Crippen LogP contribution >= 0.6 is 24.0 Å². The van der Waals surface area contributed by atoms with E-state index in [2.05, 4.69) is 0 Å². The van der Waals surface area contributed by atoms with Crippen molar-refractivity contribution in [2.75, 3.05) is 31.2 Å². The van der Waals surface area contributed by atoms with Gasteiger partial charge in [-0.2, -0.15) is 13.2 Å². The molecule has 0 saturated carbocycles. The molecular weight excluding hydrogens is 513 g/mol. The van der Waals surface area contributed by atoms with Crippen LogP contribution in [0.3, 0.4) is 0 Å². The van der Waals surface area contributed by atoms with E-state index < -0.39 is 17.6 Å². The maximum absolute atomic E-state index is 13.1. The highest BCUT2D eigenvalue weighted by atomic mass is 32.2. The highest BCUT2D eigenvalue weighted by molar-refractivity contribution is 8.27. The Morgan fingerprint density at radius 2 is 1.86 bits per heavy atom. The molecule has 0 radical (unpaired) electrons. The van der Waals surface area contributed by atoms with Crippen LogP contribution in [0.2, 0.25) is 0 Å². The van der Waals surface area contributed by atoms with Gasteiger partial charge in [-0.15, -0.1) is 0 Å². The molecule has 2 amide bonds. The lowest BCUT2D eigenvalue weighted by Crippen LogP contribution is -2.32. The third-order valence-electron chi connectivity index (χ3n) is 5.60. The first-order chi connectivity index (χ1) is 17.2. The second kappa shape index (κ2) is 10.9. The number of hydrogen-bond donors (Lipinski definition) is 0. The van der Waals surface area contributed by atoms with Gasteiger partial charge < -0.3 is 14.4 Å². The molecule has 0 bridgehead atoms. The maximum atomic E-state index is 13.1. The van der Waals surface area contributed by atoms with Gasteiger partial charge >= 0.3 is 6.18 Å². The molecule has 2 aliphatic rings. The number of benzene rings is 2. The zero-order valence-electron chi connectivity index (χ0n) is 19.3. The predicted molar refractivity (Wildman–Crippen MR) is 136 cm³/mol. The van der Waals surface area contributed by atoms with Gasteiger partial charge in [0.15, 0.2) is 22.4 Å². The maximum Gasteiger partial charge on any atom is 0.416 e. The Bertz CT molecular complexity index is 1210. The van der Waals surface area contributed by atoms with E-state index in [1.807, 2.05) is 6.92 Å². The van der Waals surface area contributed by atoms with Crippen LogP contribution in [-0.2, 0) is 15.8 Å².